The Morgan fingerprint density at radius 2 is 1.78 bits per heavy atom. The molecule has 3 rings (SSSR count). The summed E-state index contributed by atoms with van der Waals surface area (Å²) >= 11 is 0. The number of nitrogens with zero attached hydrogens (tertiary/aromatic N) is 1. The summed E-state index contributed by atoms with van der Waals surface area (Å²) in [5, 5.41) is 3.26. The topological polar surface area (TPSA) is 66.5 Å². The number of hydrogen-bond donors (Lipinski definition) is 1. The minimum absolute atomic E-state index is 0.0710. The van der Waals surface area contributed by atoms with Gasteiger partial charge in [-0.15, -0.1) is 0 Å². The molecular weight excluding hydrogens is 312 g/mol. The van der Waals surface area contributed by atoms with Crippen LogP contribution in [-0.2, 0) is 20.4 Å². The van der Waals surface area contributed by atoms with E-state index in [9.17, 15) is 13.2 Å². The number of sulfonamides is 1. The maximum Gasteiger partial charge on any atom is 0.223 e. The standard InChI is InChI=1S/C17H24N2O3S/c1-23(21,22)19-12-8-14(9-13-19)16(20)18-17(10-5-11-17)15-6-3-2-4-7-15/h2-4,6-7,14H,5,8-13H2,1H3,(H,18,20). The van der Waals surface area contributed by atoms with E-state index in [1.807, 2.05) is 18.2 Å². The number of carbonyl (C=O) groups excluding carboxylic acids is 1. The Labute approximate surface area is 138 Å². The predicted octanol–water partition coefficient (Wildman–Crippen LogP) is 1.85. The van der Waals surface area contributed by atoms with Crippen molar-refractivity contribution in [3.8, 4) is 0 Å². The van der Waals surface area contributed by atoms with Gasteiger partial charge in [0, 0.05) is 19.0 Å². The van der Waals surface area contributed by atoms with Crippen molar-refractivity contribution >= 4 is 15.9 Å². The fourth-order valence-electron chi connectivity index (χ4n) is 3.56. The van der Waals surface area contributed by atoms with Gasteiger partial charge < -0.3 is 5.32 Å². The predicted molar refractivity (Wildman–Crippen MR) is 89.3 cm³/mol. The van der Waals surface area contributed by atoms with Crippen molar-refractivity contribution in [2.24, 2.45) is 5.92 Å². The van der Waals surface area contributed by atoms with Gasteiger partial charge in [-0.1, -0.05) is 30.3 Å². The number of hydrogen-bond acceptors (Lipinski definition) is 3. The smallest absolute Gasteiger partial charge is 0.223 e. The van der Waals surface area contributed by atoms with Crippen molar-refractivity contribution in [2.75, 3.05) is 19.3 Å². The fourth-order valence-corrected chi connectivity index (χ4v) is 4.43. The molecule has 0 radical (unpaired) electrons. The Kier molecular flexibility index (Phi) is 4.47. The summed E-state index contributed by atoms with van der Waals surface area (Å²) in [5.41, 5.74) is 0.958. The molecule has 1 aromatic carbocycles. The van der Waals surface area contributed by atoms with Gasteiger partial charge in [-0.3, -0.25) is 4.79 Å². The van der Waals surface area contributed by atoms with E-state index in [2.05, 4.69) is 17.4 Å². The van der Waals surface area contributed by atoms with Crippen molar-refractivity contribution < 1.29 is 13.2 Å². The van der Waals surface area contributed by atoms with Crippen LogP contribution in [0, 0.1) is 5.92 Å². The lowest BCUT2D eigenvalue weighted by molar-refractivity contribution is -0.129. The maximum absolute atomic E-state index is 12.7. The third kappa shape index (κ3) is 3.43. The molecule has 0 unspecified atom stereocenters. The Morgan fingerprint density at radius 1 is 1.17 bits per heavy atom. The molecule has 0 bridgehead atoms. The number of carbonyl (C=O) groups is 1. The Bertz CT molecular complexity index is 660. The van der Waals surface area contributed by atoms with E-state index in [4.69, 9.17) is 0 Å². The average Bonchev–Trinajstić information content (AvgIpc) is 2.51. The molecule has 1 aliphatic carbocycles. The van der Waals surface area contributed by atoms with Gasteiger partial charge in [0.1, 0.15) is 0 Å². The van der Waals surface area contributed by atoms with Crippen molar-refractivity contribution in [3.05, 3.63) is 35.9 Å². The molecule has 1 N–H and O–H groups in total. The molecule has 126 valence electrons. The molecule has 2 aliphatic rings. The second kappa shape index (κ2) is 6.24. The van der Waals surface area contributed by atoms with Crippen LogP contribution in [-0.4, -0.2) is 38.0 Å². The van der Waals surface area contributed by atoms with Crippen LogP contribution in [0.2, 0.25) is 0 Å². The van der Waals surface area contributed by atoms with Crippen molar-refractivity contribution in [2.45, 2.75) is 37.6 Å². The second-order valence-electron chi connectivity index (χ2n) is 6.73. The first-order valence-electron chi connectivity index (χ1n) is 8.23. The number of rotatable bonds is 4. The maximum atomic E-state index is 12.7. The number of amides is 1. The van der Waals surface area contributed by atoms with E-state index in [1.54, 1.807) is 0 Å². The molecule has 5 nitrogen and oxygen atoms in total. The second-order valence-corrected chi connectivity index (χ2v) is 8.71. The van der Waals surface area contributed by atoms with Crippen LogP contribution in [0.25, 0.3) is 0 Å². The van der Waals surface area contributed by atoms with Crippen molar-refractivity contribution in [3.63, 3.8) is 0 Å². The van der Waals surface area contributed by atoms with Crippen LogP contribution in [0.15, 0.2) is 30.3 Å². The van der Waals surface area contributed by atoms with E-state index >= 15 is 0 Å². The van der Waals surface area contributed by atoms with Gasteiger partial charge in [0.15, 0.2) is 0 Å². The molecule has 1 saturated carbocycles. The minimum atomic E-state index is -3.14. The Balaban J connectivity index is 1.64. The molecule has 23 heavy (non-hydrogen) atoms. The summed E-state index contributed by atoms with van der Waals surface area (Å²) in [6, 6.07) is 10.1. The van der Waals surface area contributed by atoms with Crippen LogP contribution in [0.4, 0.5) is 0 Å². The highest BCUT2D eigenvalue weighted by atomic mass is 32.2. The number of benzene rings is 1. The molecule has 1 heterocycles. The molecule has 1 saturated heterocycles. The first-order valence-corrected chi connectivity index (χ1v) is 10.1. The first kappa shape index (κ1) is 16.5. The molecule has 0 aromatic heterocycles. The van der Waals surface area contributed by atoms with Gasteiger partial charge >= 0.3 is 0 Å². The highest BCUT2D eigenvalue weighted by Crippen LogP contribution is 2.41. The first-order chi connectivity index (χ1) is 10.9. The molecule has 2 fully saturated rings. The van der Waals surface area contributed by atoms with Crippen LogP contribution in [0.3, 0.4) is 0 Å². The average molecular weight is 336 g/mol. The number of piperidine rings is 1. The lowest BCUT2D eigenvalue weighted by Crippen LogP contribution is -2.53. The third-order valence-corrected chi connectivity index (χ3v) is 6.49. The van der Waals surface area contributed by atoms with Gasteiger partial charge in [0.25, 0.3) is 0 Å². The van der Waals surface area contributed by atoms with E-state index in [1.165, 1.54) is 16.1 Å². The summed E-state index contributed by atoms with van der Waals surface area (Å²) < 4.78 is 24.6. The summed E-state index contributed by atoms with van der Waals surface area (Å²) in [6.07, 6.45) is 5.51. The van der Waals surface area contributed by atoms with Crippen LogP contribution < -0.4 is 5.32 Å². The SMILES string of the molecule is CS(=O)(=O)N1CCC(C(=O)NC2(c3ccccc3)CCC2)CC1. The zero-order valence-electron chi connectivity index (χ0n) is 13.5. The summed E-state index contributed by atoms with van der Waals surface area (Å²) in [7, 11) is -3.14. The largest absolute Gasteiger partial charge is 0.346 e. The Morgan fingerprint density at radius 3 is 2.26 bits per heavy atom. The van der Waals surface area contributed by atoms with E-state index in [-0.39, 0.29) is 17.4 Å². The molecule has 1 aromatic rings. The summed E-state index contributed by atoms with van der Waals surface area (Å²) in [5.74, 6) is -0.0177. The lowest BCUT2D eigenvalue weighted by atomic mass is 9.71. The number of nitrogens with one attached hydrogen (secondary N) is 1. The minimum Gasteiger partial charge on any atom is -0.346 e. The quantitative estimate of drug-likeness (QED) is 0.912. The Hall–Kier alpha value is -1.40. The monoisotopic (exact) mass is 336 g/mol. The van der Waals surface area contributed by atoms with E-state index in [0.29, 0.717) is 25.9 Å². The molecule has 0 atom stereocenters. The third-order valence-electron chi connectivity index (χ3n) is 5.19. The molecular formula is C17H24N2O3S. The molecule has 0 spiro atoms. The van der Waals surface area contributed by atoms with Gasteiger partial charge in [-0.05, 0) is 37.7 Å². The normalized spacial score (nSPS) is 22.3. The molecule has 1 aliphatic heterocycles. The zero-order chi connectivity index (χ0) is 16.5. The highest BCUT2D eigenvalue weighted by Gasteiger charge is 2.41. The summed E-state index contributed by atoms with van der Waals surface area (Å²) in [6.45, 7) is 0.879. The lowest BCUT2D eigenvalue weighted by Gasteiger charge is -2.44. The van der Waals surface area contributed by atoms with Crippen LogP contribution in [0.1, 0.15) is 37.7 Å². The van der Waals surface area contributed by atoms with Gasteiger partial charge in [-0.2, -0.15) is 0 Å². The summed E-state index contributed by atoms with van der Waals surface area (Å²) in [4.78, 5) is 12.7. The van der Waals surface area contributed by atoms with Gasteiger partial charge in [0.2, 0.25) is 15.9 Å². The van der Waals surface area contributed by atoms with E-state index in [0.717, 1.165) is 19.3 Å². The zero-order valence-corrected chi connectivity index (χ0v) is 14.3. The fraction of sp³-hybridized carbons (Fsp3) is 0.588. The van der Waals surface area contributed by atoms with Crippen LogP contribution in [0.5, 0.6) is 0 Å². The molecule has 6 heteroatoms. The van der Waals surface area contributed by atoms with Crippen LogP contribution >= 0.6 is 0 Å². The van der Waals surface area contributed by atoms with E-state index < -0.39 is 10.0 Å². The van der Waals surface area contributed by atoms with Crippen molar-refractivity contribution in [1.82, 2.24) is 9.62 Å². The molecule has 1 amide bonds. The van der Waals surface area contributed by atoms with Gasteiger partial charge in [-0.25, -0.2) is 12.7 Å². The van der Waals surface area contributed by atoms with Gasteiger partial charge in [0.05, 0.1) is 11.8 Å². The van der Waals surface area contributed by atoms with Crippen molar-refractivity contribution in [1.29, 1.82) is 0 Å². The highest BCUT2D eigenvalue weighted by molar-refractivity contribution is 7.88.